The van der Waals surface area contributed by atoms with Gasteiger partial charge in [0.05, 0.1) is 29.0 Å². The summed E-state index contributed by atoms with van der Waals surface area (Å²) in [6.07, 6.45) is 3.08. The standard InChI is InChI=1S/C24H27N5O5/c1-34-14-13-28(16-22-25-19-8-4-3-7-18(19)23(30)26-22)24(31)17-9-10-20(21(15-17)29(32)33)27-11-5-2-6-12-27/h3-4,7-10,15H,2,5-6,11-14,16H2,1H3,(H,25,26,30). The lowest BCUT2D eigenvalue weighted by Crippen LogP contribution is -2.35. The van der Waals surface area contributed by atoms with Gasteiger partial charge in [-0.25, -0.2) is 4.98 Å². The van der Waals surface area contributed by atoms with Gasteiger partial charge in [-0.2, -0.15) is 0 Å². The van der Waals surface area contributed by atoms with Gasteiger partial charge < -0.3 is 19.5 Å². The third kappa shape index (κ3) is 5.07. The van der Waals surface area contributed by atoms with Crippen LogP contribution in [-0.4, -0.2) is 59.0 Å². The van der Waals surface area contributed by atoms with E-state index in [-0.39, 0.29) is 36.5 Å². The maximum absolute atomic E-state index is 13.4. The van der Waals surface area contributed by atoms with Crippen molar-refractivity contribution in [2.24, 2.45) is 0 Å². The first kappa shape index (κ1) is 23.4. The second-order valence-electron chi connectivity index (χ2n) is 8.26. The fraction of sp³-hybridized carbons (Fsp3) is 0.375. The number of carbonyl (C=O) groups is 1. The molecule has 0 saturated carbocycles. The number of fused-ring (bicyclic) bond motifs is 1. The van der Waals surface area contributed by atoms with Crippen molar-refractivity contribution in [2.75, 3.05) is 38.3 Å². The molecule has 0 aliphatic carbocycles. The molecule has 178 valence electrons. The number of H-pyrrole nitrogens is 1. The van der Waals surface area contributed by atoms with Gasteiger partial charge in [0, 0.05) is 38.4 Å². The van der Waals surface area contributed by atoms with Crippen molar-refractivity contribution in [1.82, 2.24) is 14.9 Å². The van der Waals surface area contributed by atoms with Crippen molar-refractivity contribution in [2.45, 2.75) is 25.8 Å². The van der Waals surface area contributed by atoms with Crippen LogP contribution >= 0.6 is 0 Å². The van der Waals surface area contributed by atoms with E-state index in [4.69, 9.17) is 4.74 Å². The Kier molecular flexibility index (Phi) is 7.17. The lowest BCUT2D eigenvalue weighted by atomic mass is 10.1. The Bertz CT molecular complexity index is 1250. The molecular formula is C24H27N5O5. The number of nitro benzene ring substituents is 1. The molecule has 2 aromatic carbocycles. The maximum Gasteiger partial charge on any atom is 0.293 e. The van der Waals surface area contributed by atoms with E-state index >= 15 is 0 Å². The van der Waals surface area contributed by atoms with Crippen molar-refractivity contribution < 1.29 is 14.5 Å². The highest BCUT2D eigenvalue weighted by Gasteiger charge is 2.25. The van der Waals surface area contributed by atoms with E-state index in [1.807, 2.05) is 4.90 Å². The Morgan fingerprint density at radius 3 is 2.71 bits per heavy atom. The average molecular weight is 466 g/mol. The average Bonchev–Trinajstić information content (AvgIpc) is 2.86. The number of aromatic amines is 1. The number of para-hydroxylation sites is 1. The van der Waals surface area contributed by atoms with Crippen molar-refractivity contribution in [3.8, 4) is 0 Å². The molecule has 1 N–H and O–H groups in total. The molecule has 1 amide bonds. The van der Waals surface area contributed by atoms with Gasteiger partial charge in [-0.15, -0.1) is 0 Å². The predicted octanol–water partition coefficient (Wildman–Crippen LogP) is 3.11. The zero-order chi connectivity index (χ0) is 24.1. The third-order valence-electron chi connectivity index (χ3n) is 5.97. The lowest BCUT2D eigenvalue weighted by Gasteiger charge is -2.28. The van der Waals surface area contributed by atoms with Gasteiger partial charge in [0.2, 0.25) is 0 Å². The molecule has 2 heterocycles. The van der Waals surface area contributed by atoms with Gasteiger partial charge in [0.1, 0.15) is 11.5 Å². The number of amides is 1. The molecule has 0 atom stereocenters. The molecule has 3 aromatic rings. The van der Waals surface area contributed by atoms with E-state index in [1.54, 1.807) is 36.4 Å². The highest BCUT2D eigenvalue weighted by molar-refractivity contribution is 5.95. The zero-order valence-corrected chi connectivity index (χ0v) is 19.0. The number of carbonyl (C=O) groups excluding carboxylic acids is 1. The van der Waals surface area contributed by atoms with E-state index in [2.05, 4.69) is 9.97 Å². The Morgan fingerprint density at radius 1 is 1.21 bits per heavy atom. The highest BCUT2D eigenvalue weighted by atomic mass is 16.6. The van der Waals surface area contributed by atoms with Crippen LogP contribution in [0.1, 0.15) is 35.4 Å². The summed E-state index contributed by atoms with van der Waals surface area (Å²) in [7, 11) is 1.52. The summed E-state index contributed by atoms with van der Waals surface area (Å²) in [4.78, 5) is 47.9. The number of nitrogens with zero attached hydrogens (tertiary/aromatic N) is 4. The Balaban J connectivity index is 1.64. The van der Waals surface area contributed by atoms with Gasteiger partial charge in [0.25, 0.3) is 17.2 Å². The minimum Gasteiger partial charge on any atom is -0.383 e. The second-order valence-corrected chi connectivity index (χ2v) is 8.26. The topological polar surface area (TPSA) is 122 Å². The summed E-state index contributed by atoms with van der Waals surface area (Å²) >= 11 is 0. The fourth-order valence-electron chi connectivity index (χ4n) is 4.23. The van der Waals surface area contributed by atoms with Crippen LogP contribution in [0.25, 0.3) is 10.9 Å². The highest BCUT2D eigenvalue weighted by Crippen LogP contribution is 2.31. The first-order valence-corrected chi connectivity index (χ1v) is 11.3. The number of benzene rings is 2. The SMILES string of the molecule is COCCN(Cc1nc2ccccc2c(=O)[nH]1)C(=O)c1ccc(N2CCCCC2)c([N+](=O)[O-])c1. The van der Waals surface area contributed by atoms with Crippen molar-refractivity contribution in [1.29, 1.82) is 0 Å². The number of aromatic nitrogens is 2. The van der Waals surface area contributed by atoms with E-state index in [0.29, 0.717) is 22.4 Å². The normalized spacial score (nSPS) is 13.7. The van der Waals surface area contributed by atoms with Crippen LogP contribution in [0.4, 0.5) is 11.4 Å². The summed E-state index contributed by atoms with van der Waals surface area (Å²) < 4.78 is 5.15. The number of hydrogen-bond acceptors (Lipinski definition) is 7. The van der Waals surface area contributed by atoms with Crippen LogP contribution < -0.4 is 10.5 Å². The molecule has 4 rings (SSSR count). The van der Waals surface area contributed by atoms with E-state index < -0.39 is 10.8 Å². The summed E-state index contributed by atoms with van der Waals surface area (Å²) in [6, 6.07) is 11.6. The minimum absolute atomic E-state index is 0.0317. The number of piperidine rings is 1. The minimum atomic E-state index is -0.442. The largest absolute Gasteiger partial charge is 0.383 e. The monoisotopic (exact) mass is 465 g/mol. The van der Waals surface area contributed by atoms with Gasteiger partial charge in [-0.1, -0.05) is 12.1 Å². The van der Waals surface area contributed by atoms with Gasteiger partial charge in [-0.05, 0) is 43.5 Å². The molecule has 0 unspecified atom stereocenters. The molecule has 0 bridgehead atoms. The van der Waals surface area contributed by atoms with E-state index in [0.717, 1.165) is 32.4 Å². The van der Waals surface area contributed by atoms with Crippen LogP contribution in [0.3, 0.4) is 0 Å². The molecule has 34 heavy (non-hydrogen) atoms. The van der Waals surface area contributed by atoms with Gasteiger partial charge in [-0.3, -0.25) is 19.7 Å². The predicted molar refractivity (Wildman–Crippen MR) is 128 cm³/mol. The first-order chi connectivity index (χ1) is 16.5. The van der Waals surface area contributed by atoms with Crippen molar-refractivity contribution in [3.05, 3.63) is 74.3 Å². The van der Waals surface area contributed by atoms with Gasteiger partial charge >= 0.3 is 0 Å². The molecule has 1 fully saturated rings. The van der Waals surface area contributed by atoms with E-state index in [9.17, 15) is 19.7 Å². The molecule has 1 saturated heterocycles. The Labute approximate surface area is 196 Å². The number of nitrogens with one attached hydrogen (secondary N) is 1. The van der Waals surface area contributed by atoms with Crippen LogP contribution in [-0.2, 0) is 11.3 Å². The molecule has 10 nitrogen and oxygen atoms in total. The molecular weight excluding hydrogens is 438 g/mol. The van der Waals surface area contributed by atoms with Crippen LogP contribution in [0, 0.1) is 10.1 Å². The smallest absolute Gasteiger partial charge is 0.293 e. The first-order valence-electron chi connectivity index (χ1n) is 11.3. The summed E-state index contributed by atoms with van der Waals surface area (Å²) in [5.41, 5.74) is 0.886. The van der Waals surface area contributed by atoms with Crippen molar-refractivity contribution >= 4 is 28.2 Å². The summed E-state index contributed by atoms with van der Waals surface area (Å²) in [5.74, 6) is -0.0752. The number of hydrogen-bond donors (Lipinski definition) is 1. The third-order valence-corrected chi connectivity index (χ3v) is 5.97. The van der Waals surface area contributed by atoms with E-state index in [1.165, 1.54) is 18.1 Å². The molecule has 1 aliphatic rings. The van der Waals surface area contributed by atoms with Crippen LogP contribution in [0.2, 0.25) is 0 Å². The Hall–Kier alpha value is -3.79. The Morgan fingerprint density at radius 2 is 1.97 bits per heavy atom. The van der Waals surface area contributed by atoms with Crippen molar-refractivity contribution in [3.63, 3.8) is 0 Å². The number of anilines is 1. The number of rotatable bonds is 8. The molecule has 0 radical (unpaired) electrons. The second kappa shape index (κ2) is 10.4. The number of nitro groups is 1. The van der Waals surface area contributed by atoms with Crippen LogP contribution in [0.5, 0.6) is 0 Å². The summed E-state index contributed by atoms with van der Waals surface area (Å²) in [5, 5.41) is 12.3. The zero-order valence-electron chi connectivity index (χ0n) is 19.0. The number of ether oxygens (including phenoxy) is 1. The maximum atomic E-state index is 13.4. The van der Waals surface area contributed by atoms with Gasteiger partial charge in [0.15, 0.2) is 0 Å². The molecule has 10 heteroatoms. The molecule has 1 aliphatic heterocycles. The van der Waals surface area contributed by atoms with Crippen LogP contribution in [0.15, 0.2) is 47.3 Å². The molecule has 0 spiro atoms. The summed E-state index contributed by atoms with van der Waals surface area (Å²) in [6.45, 7) is 2.04. The quantitative estimate of drug-likeness (QED) is 0.401. The molecule has 1 aromatic heterocycles. The fourth-order valence-corrected chi connectivity index (χ4v) is 4.23. The number of methoxy groups -OCH3 is 1. The lowest BCUT2D eigenvalue weighted by molar-refractivity contribution is -0.384.